The van der Waals surface area contributed by atoms with Crippen molar-refractivity contribution < 1.29 is 19.1 Å². The van der Waals surface area contributed by atoms with E-state index in [1.54, 1.807) is 12.1 Å². The minimum atomic E-state index is -0.563. The van der Waals surface area contributed by atoms with Crippen LogP contribution in [-0.4, -0.2) is 24.4 Å². The molecule has 3 rings (SSSR count). The molecule has 0 radical (unpaired) electrons. The number of nitrogens with one attached hydrogen (secondary N) is 1. The normalized spacial score (nSPS) is 12.5. The Morgan fingerprint density at radius 2 is 1.92 bits per heavy atom. The molecule has 0 atom stereocenters. The van der Waals surface area contributed by atoms with Crippen LogP contribution in [0, 0.1) is 0 Å². The molecule has 2 amide bonds. The number of carbonyl (C=O) groups excluding carboxylic acids is 3. The molecule has 7 heteroatoms. The van der Waals surface area contributed by atoms with Gasteiger partial charge in [-0.3, -0.25) is 9.59 Å². The van der Waals surface area contributed by atoms with Crippen LogP contribution in [-0.2, 0) is 28.8 Å². The molecule has 136 valence electrons. The SMILES string of the molecule is CCc1ccc(C(=O)OCC(=O)Nc2sc3c(c2C(N)=O)CCC3)cc1. The Hall–Kier alpha value is -2.67. The molecule has 2 aromatic rings. The number of thiophene rings is 1. The number of ether oxygens (including phenoxy) is 1. The number of rotatable bonds is 6. The van der Waals surface area contributed by atoms with Gasteiger partial charge in [0.05, 0.1) is 11.1 Å². The summed E-state index contributed by atoms with van der Waals surface area (Å²) in [6.07, 6.45) is 3.55. The van der Waals surface area contributed by atoms with Gasteiger partial charge in [-0.05, 0) is 48.9 Å². The molecule has 0 unspecified atom stereocenters. The minimum absolute atomic E-state index is 0.386. The van der Waals surface area contributed by atoms with Gasteiger partial charge in [0.2, 0.25) is 0 Å². The largest absolute Gasteiger partial charge is 0.452 e. The van der Waals surface area contributed by atoms with Gasteiger partial charge in [0.1, 0.15) is 5.00 Å². The van der Waals surface area contributed by atoms with Gasteiger partial charge in [-0.25, -0.2) is 4.79 Å². The number of esters is 1. The number of carbonyl (C=O) groups is 3. The van der Waals surface area contributed by atoms with E-state index >= 15 is 0 Å². The lowest BCUT2D eigenvalue weighted by Crippen LogP contribution is -2.22. The lowest BCUT2D eigenvalue weighted by atomic mass is 10.1. The molecule has 26 heavy (non-hydrogen) atoms. The Kier molecular flexibility index (Phi) is 5.37. The number of amides is 2. The third-order valence-electron chi connectivity index (χ3n) is 4.35. The highest BCUT2D eigenvalue weighted by molar-refractivity contribution is 7.17. The number of nitrogens with two attached hydrogens (primary N) is 1. The van der Waals surface area contributed by atoms with Gasteiger partial charge in [-0.2, -0.15) is 0 Å². The van der Waals surface area contributed by atoms with Crippen molar-refractivity contribution in [3.8, 4) is 0 Å². The Bertz CT molecular complexity index is 855. The van der Waals surface area contributed by atoms with E-state index in [9.17, 15) is 14.4 Å². The highest BCUT2D eigenvalue weighted by Gasteiger charge is 2.26. The van der Waals surface area contributed by atoms with Crippen LogP contribution in [0.2, 0.25) is 0 Å². The van der Waals surface area contributed by atoms with Crippen molar-refractivity contribution in [2.24, 2.45) is 5.73 Å². The van der Waals surface area contributed by atoms with Gasteiger partial charge in [-0.1, -0.05) is 19.1 Å². The average Bonchev–Trinajstić information content (AvgIpc) is 3.20. The number of aryl methyl sites for hydroxylation is 2. The highest BCUT2D eigenvalue weighted by atomic mass is 32.1. The average molecular weight is 372 g/mol. The third-order valence-corrected chi connectivity index (χ3v) is 5.56. The van der Waals surface area contributed by atoms with Gasteiger partial charge in [0.25, 0.3) is 11.8 Å². The second kappa shape index (κ2) is 7.70. The molecule has 0 aliphatic heterocycles. The molecule has 1 aromatic carbocycles. The van der Waals surface area contributed by atoms with E-state index < -0.39 is 24.4 Å². The molecule has 0 spiro atoms. The summed E-state index contributed by atoms with van der Waals surface area (Å²) in [5.41, 5.74) is 8.29. The monoisotopic (exact) mass is 372 g/mol. The Labute approximate surface area is 155 Å². The first-order chi connectivity index (χ1) is 12.5. The van der Waals surface area contributed by atoms with E-state index in [4.69, 9.17) is 10.5 Å². The van der Waals surface area contributed by atoms with Crippen molar-refractivity contribution in [3.63, 3.8) is 0 Å². The first-order valence-electron chi connectivity index (χ1n) is 8.49. The predicted octanol–water partition coefficient (Wildman–Crippen LogP) is 2.69. The van der Waals surface area contributed by atoms with Gasteiger partial charge in [-0.15, -0.1) is 11.3 Å². The standard InChI is InChI=1S/C19H20N2O4S/c1-2-11-6-8-12(9-7-11)19(24)25-10-15(22)21-18-16(17(20)23)13-4-3-5-14(13)26-18/h6-9H,2-5,10H2,1H3,(H2,20,23)(H,21,22). The molecule has 1 aliphatic carbocycles. The maximum absolute atomic E-state index is 12.1. The van der Waals surface area contributed by atoms with Crippen LogP contribution >= 0.6 is 11.3 Å². The summed E-state index contributed by atoms with van der Waals surface area (Å²) in [5.74, 6) is -1.61. The lowest BCUT2D eigenvalue weighted by molar-refractivity contribution is -0.119. The van der Waals surface area contributed by atoms with Crippen LogP contribution in [0.5, 0.6) is 0 Å². The minimum Gasteiger partial charge on any atom is -0.452 e. The molecule has 0 fully saturated rings. The summed E-state index contributed by atoms with van der Waals surface area (Å²) in [5, 5.41) is 3.09. The number of fused-ring (bicyclic) bond motifs is 1. The number of hydrogen-bond donors (Lipinski definition) is 2. The van der Waals surface area contributed by atoms with Crippen molar-refractivity contribution in [3.05, 3.63) is 51.4 Å². The fourth-order valence-corrected chi connectivity index (χ4v) is 4.32. The summed E-state index contributed by atoms with van der Waals surface area (Å²) in [7, 11) is 0. The van der Waals surface area contributed by atoms with Crippen LogP contribution in [0.25, 0.3) is 0 Å². The fraction of sp³-hybridized carbons (Fsp3) is 0.316. The van der Waals surface area contributed by atoms with E-state index in [2.05, 4.69) is 5.32 Å². The van der Waals surface area contributed by atoms with Gasteiger partial charge >= 0.3 is 5.97 Å². The molecule has 0 saturated heterocycles. The Morgan fingerprint density at radius 3 is 2.58 bits per heavy atom. The van der Waals surface area contributed by atoms with Crippen LogP contribution in [0.4, 0.5) is 5.00 Å². The first kappa shape index (κ1) is 18.1. The van der Waals surface area contributed by atoms with E-state index in [1.807, 2.05) is 19.1 Å². The summed E-state index contributed by atoms with van der Waals surface area (Å²) in [4.78, 5) is 36.9. The molecule has 6 nitrogen and oxygen atoms in total. The molecule has 1 heterocycles. The summed E-state index contributed by atoms with van der Waals surface area (Å²) in [6.45, 7) is 1.60. The quantitative estimate of drug-likeness (QED) is 0.762. The zero-order valence-electron chi connectivity index (χ0n) is 14.5. The highest BCUT2D eigenvalue weighted by Crippen LogP contribution is 2.38. The first-order valence-corrected chi connectivity index (χ1v) is 9.31. The number of benzene rings is 1. The predicted molar refractivity (Wildman–Crippen MR) is 99.6 cm³/mol. The summed E-state index contributed by atoms with van der Waals surface area (Å²) >= 11 is 1.37. The van der Waals surface area contributed by atoms with E-state index in [1.165, 1.54) is 11.3 Å². The topological polar surface area (TPSA) is 98.5 Å². The van der Waals surface area contributed by atoms with Crippen LogP contribution in [0.1, 0.15) is 50.1 Å². The summed E-state index contributed by atoms with van der Waals surface area (Å²) in [6, 6.07) is 7.05. The molecule has 0 bridgehead atoms. The Morgan fingerprint density at radius 1 is 1.19 bits per heavy atom. The van der Waals surface area contributed by atoms with Gasteiger partial charge in [0, 0.05) is 4.88 Å². The van der Waals surface area contributed by atoms with E-state index in [0.29, 0.717) is 16.1 Å². The smallest absolute Gasteiger partial charge is 0.338 e. The zero-order chi connectivity index (χ0) is 18.7. The third kappa shape index (κ3) is 3.77. The van der Waals surface area contributed by atoms with Crippen LogP contribution in [0.15, 0.2) is 24.3 Å². The molecule has 1 aromatic heterocycles. The van der Waals surface area contributed by atoms with Crippen LogP contribution < -0.4 is 11.1 Å². The van der Waals surface area contributed by atoms with Crippen molar-refractivity contribution in [1.82, 2.24) is 0 Å². The number of anilines is 1. The molecule has 0 saturated carbocycles. The molecular formula is C19H20N2O4S. The number of primary amides is 1. The van der Waals surface area contributed by atoms with E-state index in [-0.39, 0.29) is 0 Å². The van der Waals surface area contributed by atoms with Gasteiger partial charge < -0.3 is 15.8 Å². The van der Waals surface area contributed by atoms with Crippen molar-refractivity contribution in [1.29, 1.82) is 0 Å². The number of hydrogen-bond acceptors (Lipinski definition) is 5. The molecular weight excluding hydrogens is 352 g/mol. The second-order valence-corrected chi connectivity index (χ2v) is 7.21. The summed E-state index contributed by atoms with van der Waals surface area (Å²) < 4.78 is 5.05. The molecule has 1 aliphatic rings. The van der Waals surface area contributed by atoms with Crippen molar-refractivity contribution in [2.75, 3.05) is 11.9 Å². The maximum Gasteiger partial charge on any atom is 0.338 e. The van der Waals surface area contributed by atoms with E-state index in [0.717, 1.165) is 41.7 Å². The van der Waals surface area contributed by atoms with Crippen molar-refractivity contribution >= 4 is 34.1 Å². The maximum atomic E-state index is 12.1. The fourth-order valence-electron chi connectivity index (χ4n) is 3.01. The van der Waals surface area contributed by atoms with Crippen molar-refractivity contribution in [2.45, 2.75) is 32.6 Å². The van der Waals surface area contributed by atoms with Gasteiger partial charge in [0.15, 0.2) is 6.61 Å². The Balaban J connectivity index is 1.61. The van der Waals surface area contributed by atoms with Crippen LogP contribution in [0.3, 0.4) is 0 Å². The zero-order valence-corrected chi connectivity index (χ0v) is 15.3. The lowest BCUT2D eigenvalue weighted by Gasteiger charge is -2.07. The second-order valence-electron chi connectivity index (χ2n) is 6.10. The molecule has 3 N–H and O–H groups in total.